The van der Waals surface area contributed by atoms with Crippen molar-refractivity contribution in [3.63, 3.8) is 0 Å². The highest BCUT2D eigenvalue weighted by Gasteiger charge is 2.46. The normalized spacial score (nSPS) is 18.7. The Hall–Kier alpha value is -6.26. The van der Waals surface area contributed by atoms with Crippen molar-refractivity contribution in [2.75, 3.05) is 36.6 Å². The summed E-state index contributed by atoms with van der Waals surface area (Å²) in [4.78, 5) is 73.4. The largest absolute Gasteiger partial charge is 0.493 e. The lowest BCUT2D eigenvalue weighted by Crippen LogP contribution is -2.57. The van der Waals surface area contributed by atoms with Gasteiger partial charge in [0.1, 0.15) is 18.1 Å². The number of aryl methyl sites for hydroxylation is 3. The number of carboxylic acid groups (broad SMARTS) is 1. The number of carbonyl (C=O) groups excluding carboxylic acids is 4. The molecular weight excluding hydrogens is 785 g/mol. The molecule has 2 aromatic carbocycles. The van der Waals surface area contributed by atoms with Gasteiger partial charge in [-0.15, -0.1) is 0 Å². The summed E-state index contributed by atoms with van der Waals surface area (Å²) in [7, 11) is 3.36. The zero-order valence-electron chi connectivity index (χ0n) is 34.8. The van der Waals surface area contributed by atoms with Gasteiger partial charge in [-0.3, -0.25) is 14.4 Å². The first-order valence-corrected chi connectivity index (χ1v) is 20.7. The average molecular weight is 837 g/mol. The van der Waals surface area contributed by atoms with Crippen LogP contribution in [0.5, 0.6) is 5.75 Å². The summed E-state index contributed by atoms with van der Waals surface area (Å²) in [6, 6.07) is 11.9. The van der Waals surface area contributed by atoms with Crippen molar-refractivity contribution in [2.45, 2.75) is 83.3 Å². The number of ketones is 1. The maximum atomic E-state index is 14.2. The van der Waals surface area contributed by atoms with Gasteiger partial charge in [-0.2, -0.15) is 0 Å². The van der Waals surface area contributed by atoms with Crippen molar-refractivity contribution in [2.24, 2.45) is 14.1 Å². The van der Waals surface area contributed by atoms with Crippen LogP contribution in [0.4, 0.5) is 16.3 Å². The Kier molecular flexibility index (Phi) is 13.3. The minimum Gasteiger partial charge on any atom is -0.493 e. The van der Waals surface area contributed by atoms with Crippen molar-refractivity contribution in [3.05, 3.63) is 95.7 Å². The number of ether oxygens (including phenoxy) is 4. The molecule has 0 bridgehead atoms. The number of hydrogen-bond acceptors (Lipinski definition) is 10. The van der Waals surface area contributed by atoms with Crippen LogP contribution in [-0.4, -0.2) is 98.7 Å². The number of nitrogens with zero attached hydrogens (tertiary/aromatic N) is 5. The Labute approximate surface area is 354 Å². The number of carboxylic acids is 1. The fourth-order valence-corrected chi connectivity index (χ4v) is 8.12. The van der Waals surface area contributed by atoms with Crippen molar-refractivity contribution in [1.29, 1.82) is 0 Å². The number of piperidine rings is 1. The number of fused-ring (bicyclic) bond motifs is 2. The van der Waals surface area contributed by atoms with Crippen molar-refractivity contribution < 1.29 is 48.0 Å². The molecule has 0 radical (unpaired) electrons. The number of Topliss-reactive ketones (excluding diaryl/α,β-unsaturated/α-hetero) is 1. The second-order valence-corrected chi connectivity index (χ2v) is 15.6. The number of anilines is 2. The lowest BCUT2D eigenvalue weighted by atomic mass is 10.00. The summed E-state index contributed by atoms with van der Waals surface area (Å²) in [5.74, 6) is -0.889. The molecule has 3 aliphatic heterocycles. The molecule has 3 atom stereocenters. The van der Waals surface area contributed by atoms with Crippen LogP contribution in [0.3, 0.4) is 0 Å². The number of benzene rings is 2. The SMILES string of the molecule is C=CCOC(=O)N1c2cc(OCCCC(=O)Nc3cn(C)c(C(=O)Cc4ccc(-c5cc(C(=O)O)n(C)c5)cc4)n3)c(C)cc2C(=O)N2CCCC[C@H]2C1OC1CCCCO1. The van der Waals surface area contributed by atoms with E-state index in [-0.39, 0.29) is 61.0 Å². The maximum absolute atomic E-state index is 14.2. The molecule has 16 nitrogen and oxygen atoms in total. The Morgan fingerprint density at radius 1 is 1.00 bits per heavy atom. The highest BCUT2D eigenvalue weighted by Crippen LogP contribution is 2.40. The second-order valence-electron chi connectivity index (χ2n) is 15.6. The standard InChI is InChI=1S/C45H52N6O10/c1-5-19-60-45(57)51-34-25-37(28(2)22-32(34)42(54)50-18-8-6-11-33(50)43(51)61-40-13-7-9-20-59-40)58-21-10-12-39(53)46-38-27-49(4)41(47-38)36(52)23-29-14-16-30(17-15-29)31-24-35(44(55)56)48(3)26-31/h5,14-17,22,24-27,33,40,43H,1,6-13,18-21,23H2,2-4H3,(H,46,53)(H,55,56)/t33-,40?,43?/m0/s1. The number of imidazole rings is 1. The molecule has 3 amide bonds. The topological polar surface area (TPSA) is 184 Å². The number of rotatable bonds is 15. The molecule has 7 rings (SSSR count). The van der Waals surface area contributed by atoms with Gasteiger partial charge in [0, 0.05) is 64.1 Å². The molecule has 3 aliphatic rings. The molecular formula is C45H52N6O10. The first-order chi connectivity index (χ1) is 29.4. The third-order valence-electron chi connectivity index (χ3n) is 11.2. The summed E-state index contributed by atoms with van der Waals surface area (Å²) in [6.45, 7) is 6.72. The van der Waals surface area contributed by atoms with E-state index in [9.17, 15) is 29.1 Å². The first kappa shape index (κ1) is 42.8. The van der Waals surface area contributed by atoms with Crippen LogP contribution in [0.25, 0.3) is 11.1 Å². The van der Waals surface area contributed by atoms with Crippen LogP contribution < -0.4 is 15.0 Å². The Bertz CT molecular complexity index is 2290. The molecule has 2 fully saturated rings. The lowest BCUT2D eigenvalue weighted by molar-refractivity contribution is -0.198. The number of aromatic carboxylic acids is 1. The van der Waals surface area contributed by atoms with Crippen LogP contribution in [-0.2, 0) is 39.5 Å². The predicted octanol–water partition coefficient (Wildman–Crippen LogP) is 6.66. The lowest BCUT2D eigenvalue weighted by Gasteiger charge is -2.42. The number of amides is 3. The van der Waals surface area contributed by atoms with E-state index in [0.717, 1.165) is 42.4 Å². The highest BCUT2D eigenvalue weighted by atomic mass is 16.7. The van der Waals surface area contributed by atoms with Gasteiger partial charge in [-0.1, -0.05) is 36.9 Å². The zero-order valence-corrected chi connectivity index (χ0v) is 34.8. The Morgan fingerprint density at radius 3 is 2.51 bits per heavy atom. The fraction of sp³-hybridized carbons (Fsp3) is 0.422. The summed E-state index contributed by atoms with van der Waals surface area (Å²) in [6.07, 6.45) is 8.11. The monoisotopic (exact) mass is 836 g/mol. The van der Waals surface area contributed by atoms with E-state index >= 15 is 0 Å². The van der Waals surface area contributed by atoms with Gasteiger partial charge in [-0.25, -0.2) is 19.5 Å². The molecule has 61 heavy (non-hydrogen) atoms. The van der Waals surface area contributed by atoms with E-state index in [4.69, 9.17) is 18.9 Å². The molecule has 322 valence electrons. The van der Waals surface area contributed by atoms with Gasteiger partial charge in [0.25, 0.3) is 5.91 Å². The third-order valence-corrected chi connectivity index (χ3v) is 11.2. The minimum atomic E-state index is -1.01. The predicted molar refractivity (Wildman–Crippen MR) is 225 cm³/mol. The second kappa shape index (κ2) is 19.0. The van der Waals surface area contributed by atoms with Gasteiger partial charge in [0.2, 0.25) is 11.7 Å². The van der Waals surface area contributed by atoms with Crippen LogP contribution >= 0.6 is 0 Å². The summed E-state index contributed by atoms with van der Waals surface area (Å²) >= 11 is 0. The van der Waals surface area contributed by atoms with Gasteiger partial charge in [-0.05, 0) is 80.7 Å². The average Bonchev–Trinajstić information content (AvgIpc) is 3.81. The summed E-state index contributed by atoms with van der Waals surface area (Å²) in [5, 5.41) is 12.1. The number of aromatic nitrogens is 3. The van der Waals surface area contributed by atoms with Crippen molar-refractivity contribution in [1.82, 2.24) is 19.0 Å². The van der Waals surface area contributed by atoms with E-state index in [1.165, 1.54) is 11.0 Å². The van der Waals surface area contributed by atoms with Crippen molar-refractivity contribution >= 4 is 41.2 Å². The summed E-state index contributed by atoms with van der Waals surface area (Å²) in [5.41, 5.74) is 3.85. The number of hydrogen-bond donors (Lipinski definition) is 2. The molecule has 0 saturated carbocycles. The summed E-state index contributed by atoms with van der Waals surface area (Å²) < 4.78 is 27.4. The zero-order chi connectivity index (χ0) is 43.2. The first-order valence-electron chi connectivity index (χ1n) is 20.7. The fourth-order valence-electron chi connectivity index (χ4n) is 8.12. The van der Waals surface area contributed by atoms with Gasteiger partial charge in [0.05, 0.1) is 23.9 Å². The molecule has 4 aromatic rings. The molecule has 5 heterocycles. The number of carbonyl (C=O) groups is 5. The molecule has 0 aliphatic carbocycles. The van der Waals surface area contributed by atoms with Crippen LogP contribution in [0.1, 0.15) is 94.0 Å². The van der Waals surface area contributed by atoms with E-state index in [1.807, 2.05) is 36.1 Å². The minimum absolute atomic E-state index is 0.0303. The van der Waals surface area contributed by atoms with Crippen molar-refractivity contribution in [3.8, 4) is 16.9 Å². The molecule has 2 saturated heterocycles. The quantitative estimate of drug-likeness (QED) is 0.0742. The molecule has 2 aromatic heterocycles. The Morgan fingerprint density at radius 2 is 1.79 bits per heavy atom. The highest BCUT2D eigenvalue weighted by molar-refractivity contribution is 6.05. The number of nitrogens with one attached hydrogen (secondary N) is 1. The molecule has 2 N–H and O–H groups in total. The van der Waals surface area contributed by atoms with Gasteiger partial charge in [0.15, 0.2) is 24.2 Å². The van der Waals surface area contributed by atoms with E-state index in [0.29, 0.717) is 55.0 Å². The smallest absolute Gasteiger partial charge is 0.416 e. The van der Waals surface area contributed by atoms with Gasteiger partial charge < -0.3 is 43.4 Å². The molecule has 16 heteroatoms. The van der Waals surface area contributed by atoms with E-state index in [1.54, 1.807) is 53.8 Å². The third kappa shape index (κ3) is 9.71. The van der Waals surface area contributed by atoms with Crippen LogP contribution in [0, 0.1) is 6.92 Å². The maximum Gasteiger partial charge on any atom is 0.416 e. The van der Waals surface area contributed by atoms with Crippen LogP contribution in [0.15, 0.2) is 67.5 Å². The molecule has 0 spiro atoms. The van der Waals surface area contributed by atoms with Crippen LogP contribution in [0.2, 0.25) is 0 Å². The van der Waals surface area contributed by atoms with E-state index in [2.05, 4.69) is 16.9 Å². The van der Waals surface area contributed by atoms with Gasteiger partial charge >= 0.3 is 12.1 Å². The molecule has 2 unspecified atom stereocenters. The van der Waals surface area contributed by atoms with E-state index < -0.39 is 30.6 Å². The Balaban J connectivity index is 0.983.